The van der Waals surface area contributed by atoms with Gasteiger partial charge in [0, 0.05) is 24.2 Å². The highest BCUT2D eigenvalue weighted by atomic mass is 32.1. The van der Waals surface area contributed by atoms with E-state index in [1.165, 1.54) is 5.56 Å². The van der Waals surface area contributed by atoms with E-state index in [4.69, 9.17) is 22.1 Å². The van der Waals surface area contributed by atoms with Crippen molar-refractivity contribution in [2.45, 2.75) is 45.6 Å². The topological polar surface area (TPSA) is 51.8 Å². The maximum atomic E-state index is 13.4. The first-order valence-corrected chi connectivity index (χ1v) is 10.7. The lowest BCUT2D eigenvalue weighted by Crippen LogP contribution is -2.47. The van der Waals surface area contributed by atoms with Gasteiger partial charge in [-0.3, -0.25) is 4.79 Å². The fourth-order valence-electron chi connectivity index (χ4n) is 3.63. The summed E-state index contributed by atoms with van der Waals surface area (Å²) >= 11 is 5.52. The van der Waals surface area contributed by atoms with Crippen LogP contribution in [0.15, 0.2) is 47.7 Å². The predicted molar refractivity (Wildman–Crippen MR) is 116 cm³/mol. The maximum Gasteiger partial charge on any atom is 0.237 e. The van der Waals surface area contributed by atoms with Gasteiger partial charge in [-0.25, -0.2) is 0 Å². The minimum absolute atomic E-state index is 0.107. The number of rotatable bonds is 8. The van der Waals surface area contributed by atoms with Crippen LogP contribution in [-0.4, -0.2) is 30.6 Å². The van der Waals surface area contributed by atoms with Gasteiger partial charge < -0.3 is 27.1 Å². The zero-order chi connectivity index (χ0) is 20.8. The molecule has 1 aromatic heterocycles. The second-order valence-electron chi connectivity index (χ2n) is 7.03. The van der Waals surface area contributed by atoms with Crippen LogP contribution in [0, 0.1) is 0 Å². The molecular weight excluding hydrogens is 384 g/mol. The highest BCUT2D eigenvalue weighted by Gasteiger charge is 2.29. The van der Waals surface area contributed by atoms with Gasteiger partial charge in [-0.15, -0.1) is 0 Å². The molecule has 2 aromatic rings. The molecule has 29 heavy (non-hydrogen) atoms. The van der Waals surface area contributed by atoms with Gasteiger partial charge in [0.1, 0.15) is 13.2 Å². The number of pyridine rings is 1. The number of aliphatic imine (C=N–C) groups is 1. The first kappa shape index (κ1) is 21.2. The number of nitrogens with zero attached hydrogens (tertiary/aromatic N) is 2. The number of carbonyl (C=O) groups excluding carboxylic acids is 1. The van der Waals surface area contributed by atoms with Gasteiger partial charge in [-0.05, 0) is 54.5 Å². The summed E-state index contributed by atoms with van der Waals surface area (Å²) in [6, 6.07) is 8.77. The molecule has 0 saturated heterocycles. The van der Waals surface area contributed by atoms with Crippen LogP contribution in [-0.2, 0) is 12.6 Å². The van der Waals surface area contributed by atoms with Crippen LogP contribution < -0.4 is 14.0 Å². The fraction of sp³-hybridized carbons (Fsp3) is 0.435. The Balaban J connectivity index is 1.95. The highest BCUT2D eigenvalue weighted by molar-refractivity contribution is 7.77. The Labute approximate surface area is 178 Å². The molecule has 1 aliphatic heterocycles. The minimum Gasteiger partial charge on any atom is -0.758 e. The van der Waals surface area contributed by atoms with Gasteiger partial charge in [-0.1, -0.05) is 13.8 Å². The van der Waals surface area contributed by atoms with Gasteiger partial charge >= 0.3 is 0 Å². The van der Waals surface area contributed by atoms with Gasteiger partial charge in [0.25, 0.3) is 0 Å². The predicted octanol–water partition coefficient (Wildman–Crippen LogP) is 4.04. The van der Waals surface area contributed by atoms with E-state index in [2.05, 4.69) is 31.0 Å². The SMILES string of the molecule is CCN=C([S-])[C@@H](C(=O)c1ccc2c(c1)OCCO2)[n+]1ccc(C(CC)CC)cc1. The molecule has 154 valence electrons. The zero-order valence-corrected chi connectivity index (χ0v) is 18.1. The molecule has 0 aliphatic carbocycles. The van der Waals surface area contributed by atoms with Crippen molar-refractivity contribution < 1.29 is 18.8 Å². The van der Waals surface area contributed by atoms with Crippen molar-refractivity contribution in [1.82, 2.24) is 0 Å². The normalized spacial score (nSPS) is 14.7. The van der Waals surface area contributed by atoms with Crippen molar-refractivity contribution in [3.8, 4) is 11.5 Å². The molecule has 0 radical (unpaired) electrons. The number of benzene rings is 1. The smallest absolute Gasteiger partial charge is 0.237 e. The Kier molecular flexibility index (Phi) is 7.20. The number of ether oxygens (including phenoxy) is 2. The van der Waals surface area contributed by atoms with Crippen LogP contribution in [0.5, 0.6) is 11.5 Å². The quantitative estimate of drug-likeness (QED) is 0.216. The van der Waals surface area contributed by atoms with E-state index >= 15 is 0 Å². The zero-order valence-electron chi connectivity index (χ0n) is 17.3. The number of carbonyl (C=O) groups is 1. The lowest BCUT2D eigenvalue weighted by atomic mass is 9.95. The molecule has 0 N–H and O–H groups in total. The summed E-state index contributed by atoms with van der Waals surface area (Å²) in [5, 5.41) is 0.382. The van der Waals surface area contributed by atoms with Crippen molar-refractivity contribution in [1.29, 1.82) is 0 Å². The first-order chi connectivity index (χ1) is 14.1. The standard InChI is InChI=1S/C23H28N2O3S/c1-4-16(5-2)17-9-11-25(12-10-17)21(23(29)24-6-3)22(26)18-7-8-19-20(15-18)28-14-13-27-19/h7-12,15-16,21H,4-6,13-14H2,1-3H3/t21-/m1/s1. The average molecular weight is 413 g/mol. The van der Waals surface area contributed by atoms with Crippen LogP contribution in [0.4, 0.5) is 0 Å². The number of fused-ring (bicyclic) bond motifs is 1. The Morgan fingerprint density at radius 2 is 1.72 bits per heavy atom. The summed E-state index contributed by atoms with van der Waals surface area (Å²) in [5.41, 5.74) is 1.81. The number of hydrogen-bond acceptors (Lipinski definition) is 5. The van der Waals surface area contributed by atoms with E-state index < -0.39 is 6.04 Å². The summed E-state index contributed by atoms with van der Waals surface area (Å²) in [4.78, 5) is 17.8. The van der Waals surface area contributed by atoms with Crippen LogP contribution in [0.3, 0.4) is 0 Å². The Hall–Kier alpha value is -2.47. The van der Waals surface area contributed by atoms with Crippen LogP contribution in [0.2, 0.25) is 0 Å². The molecular formula is C23H28N2O3S. The second-order valence-corrected chi connectivity index (χ2v) is 7.45. The first-order valence-electron chi connectivity index (χ1n) is 10.2. The molecule has 0 fully saturated rings. The third kappa shape index (κ3) is 4.75. The molecule has 0 unspecified atom stereocenters. The highest BCUT2D eigenvalue weighted by Crippen LogP contribution is 2.31. The van der Waals surface area contributed by atoms with Crippen molar-refractivity contribution in [2.24, 2.45) is 4.99 Å². The molecule has 6 heteroatoms. The van der Waals surface area contributed by atoms with E-state index in [1.54, 1.807) is 18.2 Å². The molecule has 3 rings (SSSR count). The second kappa shape index (κ2) is 9.83. The van der Waals surface area contributed by atoms with Crippen LogP contribution in [0.1, 0.15) is 61.5 Å². The van der Waals surface area contributed by atoms with E-state index in [9.17, 15) is 4.79 Å². The molecule has 0 spiro atoms. The molecule has 1 aromatic carbocycles. The van der Waals surface area contributed by atoms with Crippen molar-refractivity contribution in [3.63, 3.8) is 0 Å². The maximum absolute atomic E-state index is 13.4. The monoisotopic (exact) mass is 412 g/mol. The number of aromatic nitrogens is 1. The van der Waals surface area contributed by atoms with E-state index in [0.717, 1.165) is 12.8 Å². The van der Waals surface area contributed by atoms with Crippen LogP contribution in [0.25, 0.3) is 0 Å². The van der Waals surface area contributed by atoms with E-state index in [0.29, 0.717) is 47.8 Å². The third-order valence-corrected chi connectivity index (χ3v) is 5.61. The van der Waals surface area contributed by atoms with Gasteiger partial charge in [0.15, 0.2) is 23.9 Å². The average Bonchev–Trinajstić information content (AvgIpc) is 2.75. The van der Waals surface area contributed by atoms with Gasteiger partial charge in [0.2, 0.25) is 11.8 Å². The summed E-state index contributed by atoms with van der Waals surface area (Å²) < 4.78 is 13.0. The Morgan fingerprint density at radius 1 is 1.07 bits per heavy atom. The number of Topliss-reactive ketones (excluding diaryl/α,β-unsaturated/α-hetero) is 1. The molecule has 0 saturated carbocycles. The van der Waals surface area contributed by atoms with E-state index in [-0.39, 0.29) is 5.78 Å². The van der Waals surface area contributed by atoms with E-state index in [1.807, 2.05) is 23.9 Å². The Morgan fingerprint density at radius 3 is 2.34 bits per heavy atom. The summed E-state index contributed by atoms with van der Waals surface area (Å²) in [6.07, 6.45) is 6.05. The fourth-order valence-corrected chi connectivity index (χ4v) is 3.98. The molecule has 2 heterocycles. The minimum atomic E-state index is -0.664. The summed E-state index contributed by atoms with van der Waals surface area (Å²) in [7, 11) is 0. The molecule has 0 bridgehead atoms. The molecule has 1 atom stereocenters. The molecule has 5 nitrogen and oxygen atoms in total. The largest absolute Gasteiger partial charge is 0.758 e. The number of hydrogen-bond donors (Lipinski definition) is 0. The van der Waals surface area contributed by atoms with Crippen molar-refractivity contribution in [3.05, 3.63) is 53.9 Å². The molecule has 0 amide bonds. The summed E-state index contributed by atoms with van der Waals surface area (Å²) in [6.45, 7) is 7.83. The Bertz CT molecular complexity index is 876. The lowest BCUT2D eigenvalue weighted by molar-refractivity contribution is -0.692. The third-order valence-electron chi connectivity index (χ3n) is 5.26. The van der Waals surface area contributed by atoms with Crippen molar-refractivity contribution >= 4 is 23.5 Å². The van der Waals surface area contributed by atoms with Crippen LogP contribution >= 0.6 is 0 Å². The molecule has 1 aliphatic rings. The van der Waals surface area contributed by atoms with Gasteiger partial charge in [0.05, 0.1) is 0 Å². The van der Waals surface area contributed by atoms with Crippen molar-refractivity contribution in [2.75, 3.05) is 19.8 Å². The summed E-state index contributed by atoms with van der Waals surface area (Å²) in [5.74, 6) is 1.66. The van der Waals surface area contributed by atoms with Gasteiger partial charge in [-0.2, -0.15) is 4.57 Å². The lowest BCUT2D eigenvalue weighted by Gasteiger charge is -2.21. The number of ketones is 1.